The molecule has 2 rings (SSSR count). The fourth-order valence-electron chi connectivity index (χ4n) is 2.12. The molecule has 2 amide bonds. The molecule has 0 bridgehead atoms. The number of piperazine rings is 1. The molecule has 0 aromatic carbocycles. The zero-order valence-electron chi connectivity index (χ0n) is 7.99. The lowest BCUT2D eigenvalue weighted by Gasteiger charge is -2.38. The first-order valence-corrected chi connectivity index (χ1v) is 4.70. The van der Waals surface area contributed by atoms with Crippen LogP contribution in [0.1, 0.15) is 19.8 Å². The Labute approximate surface area is 77.5 Å². The molecule has 2 saturated heterocycles. The van der Waals surface area contributed by atoms with E-state index in [1.807, 2.05) is 0 Å². The van der Waals surface area contributed by atoms with Crippen LogP contribution >= 0.6 is 0 Å². The Hall–Kier alpha value is -1.06. The van der Waals surface area contributed by atoms with E-state index < -0.39 is 0 Å². The van der Waals surface area contributed by atoms with E-state index in [1.54, 1.807) is 23.8 Å². The number of likely N-dealkylation sites (N-methyl/N-ethyl adjacent to an activating group) is 1. The zero-order chi connectivity index (χ0) is 9.59. The Morgan fingerprint density at radius 3 is 2.69 bits per heavy atom. The maximum absolute atomic E-state index is 11.7. The summed E-state index contributed by atoms with van der Waals surface area (Å²) in [6.07, 6.45) is 1.80. The Bertz CT molecular complexity index is 238. The van der Waals surface area contributed by atoms with E-state index in [0.717, 1.165) is 19.4 Å². The predicted octanol–water partition coefficient (Wildman–Crippen LogP) is -0.162. The number of carbonyl (C=O) groups is 2. The second-order valence-corrected chi connectivity index (χ2v) is 3.81. The van der Waals surface area contributed by atoms with Gasteiger partial charge in [-0.1, -0.05) is 0 Å². The molecule has 0 aliphatic carbocycles. The molecule has 0 aromatic heterocycles. The molecule has 0 radical (unpaired) electrons. The Balaban J connectivity index is 2.29. The molecule has 0 aromatic rings. The summed E-state index contributed by atoms with van der Waals surface area (Å²) in [5, 5.41) is 0. The third kappa shape index (κ3) is 1.04. The Kier molecular flexibility index (Phi) is 1.78. The molecule has 0 unspecified atom stereocenters. The molecular formula is C9H14N2O2. The van der Waals surface area contributed by atoms with E-state index >= 15 is 0 Å². The van der Waals surface area contributed by atoms with Crippen molar-refractivity contribution in [3.63, 3.8) is 0 Å². The van der Waals surface area contributed by atoms with Crippen molar-refractivity contribution in [2.45, 2.75) is 31.8 Å². The number of rotatable bonds is 0. The van der Waals surface area contributed by atoms with Crippen LogP contribution in [0, 0.1) is 0 Å². The van der Waals surface area contributed by atoms with Gasteiger partial charge in [-0.25, -0.2) is 0 Å². The molecular weight excluding hydrogens is 168 g/mol. The van der Waals surface area contributed by atoms with Gasteiger partial charge < -0.3 is 9.80 Å². The summed E-state index contributed by atoms with van der Waals surface area (Å²) in [5.41, 5.74) is 0. The largest absolute Gasteiger partial charge is 0.332 e. The van der Waals surface area contributed by atoms with Gasteiger partial charge in [0.1, 0.15) is 12.1 Å². The lowest BCUT2D eigenvalue weighted by atomic mass is 10.1. The fraction of sp³-hybridized carbons (Fsp3) is 0.778. The minimum atomic E-state index is -0.276. The molecule has 2 aliphatic heterocycles. The number of nitrogens with zero attached hydrogens (tertiary/aromatic N) is 2. The van der Waals surface area contributed by atoms with E-state index in [9.17, 15) is 9.59 Å². The third-order valence-electron chi connectivity index (χ3n) is 3.11. The highest BCUT2D eigenvalue weighted by Crippen LogP contribution is 2.25. The van der Waals surface area contributed by atoms with Crippen LogP contribution in [0.15, 0.2) is 0 Å². The average molecular weight is 182 g/mol. The van der Waals surface area contributed by atoms with Crippen LogP contribution in [0.25, 0.3) is 0 Å². The molecule has 2 heterocycles. The number of hydrogen-bond acceptors (Lipinski definition) is 2. The monoisotopic (exact) mass is 182 g/mol. The van der Waals surface area contributed by atoms with Gasteiger partial charge in [-0.3, -0.25) is 9.59 Å². The van der Waals surface area contributed by atoms with E-state index in [2.05, 4.69) is 0 Å². The molecule has 0 spiro atoms. The van der Waals surface area contributed by atoms with Crippen molar-refractivity contribution in [2.24, 2.45) is 0 Å². The topological polar surface area (TPSA) is 40.6 Å². The van der Waals surface area contributed by atoms with Crippen molar-refractivity contribution < 1.29 is 9.59 Å². The number of fused-ring (bicyclic) bond motifs is 1. The van der Waals surface area contributed by atoms with Crippen molar-refractivity contribution in [3.8, 4) is 0 Å². The van der Waals surface area contributed by atoms with Gasteiger partial charge in [-0.05, 0) is 19.8 Å². The van der Waals surface area contributed by atoms with Gasteiger partial charge in [0.05, 0.1) is 0 Å². The van der Waals surface area contributed by atoms with Gasteiger partial charge in [0.25, 0.3) is 0 Å². The summed E-state index contributed by atoms with van der Waals surface area (Å²) in [6.45, 7) is 2.54. The predicted molar refractivity (Wildman–Crippen MR) is 47.0 cm³/mol. The van der Waals surface area contributed by atoms with Crippen LogP contribution in [0.2, 0.25) is 0 Å². The van der Waals surface area contributed by atoms with Crippen molar-refractivity contribution in [3.05, 3.63) is 0 Å². The van der Waals surface area contributed by atoms with Gasteiger partial charge in [-0.2, -0.15) is 0 Å². The molecule has 4 nitrogen and oxygen atoms in total. The smallest absolute Gasteiger partial charge is 0.245 e. The van der Waals surface area contributed by atoms with E-state index in [0.29, 0.717) is 0 Å². The van der Waals surface area contributed by atoms with Crippen LogP contribution in [0.3, 0.4) is 0 Å². The molecule has 2 aliphatic rings. The lowest BCUT2D eigenvalue weighted by molar-refractivity contribution is -0.156. The Morgan fingerprint density at radius 1 is 1.31 bits per heavy atom. The summed E-state index contributed by atoms with van der Waals surface area (Å²) in [5.74, 6) is 0.203. The van der Waals surface area contributed by atoms with Crippen LogP contribution < -0.4 is 0 Å². The molecule has 72 valence electrons. The number of amides is 2. The summed E-state index contributed by atoms with van der Waals surface area (Å²) >= 11 is 0. The molecule has 0 saturated carbocycles. The molecule has 4 heteroatoms. The average Bonchev–Trinajstić information content (AvgIpc) is 2.59. The highest BCUT2D eigenvalue weighted by Gasteiger charge is 2.44. The van der Waals surface area contributed by atoms with Gasteiger partial charge in [0.2, 0.25) is 11.8 Å². The second-order valence-electron chi connectivity index (χ2n) is 3.81. The van der Waals surface area contributed by atoms with Crippen LogP contribution in [0.4, 0.5) is 0 Å². The molecule has 13 heavy (non-hydrogen) atoms. The van der Waals surface area contributed by atoms with Crippen LogP contribution in [-0.2, 0) is 9.59 Å². The fourth-order valence-corrected chi connectivity index (χ4v) is 2.12. The summed E-state index contributed by atoms with van der Waals surface area (Å²) in [7, 11) is 1.71. The van der Waals surface area contributed by atoms with E-state index in [1.165, 1.54) is 0 Å². The number of carbonyl (C=O) groups excluding carboxylic acids is 2. The maximum atomic E-state index is 11.7. The summed E-state index contributed by atoms with van der Waals surface area (Å²) in [4.78, 5) is 26.7. The first-order chi connectivity index (χ1) is 6.13. The van der Waals surface area contributed by atoms with Gasteiger partial charge in [0, 0.05) is 13.6 Å². The lowest BCUT2D eigenvalue weighted by Crippen LogP contribution is -2.60. The van der Waals surface area contributed by atoms with Crippen LogP contribution in [0.5, 0.6) is 0 Å². The highest BCUT2D eigenvalue weighted by atomic mass is 16.2. The molecule has 2 fully saturated rings. The third-order valence-corrected chi connectivity index (χ3v) is 3.11. The van der Waals surface area contributed by atoms with Crippen LogP contribution in [-0.4, -0.2) is 47.3 Å². The zero-order valence-corrected chi connectivity index (χ0v) is 7.99. The minimum Gasteiger partial charge on any atom is -0.332 e. The number of hydrogen-bond donors (Lipinski definition) is 0. The quantitative estimate of drug-likeness (QED) is 0.522. The first-order valence-electron chi connectivity index (χ1n) is 4.70. The first kappa shape index (κ1) is 8.53. The van der Waals surface area contributed by atoms with Crippen molar-refractivity contribution in [1.82, 2.24) is 9.80 Å². The van der Waals surface area contributed by atoms with Crippen molar-refractivity contribution >= 4 is 11.8 Å². The SMILES string of the molecule is C[C@H]1C(=O)N2CCC[C@H]2C(=O)N1C. The second kappa shape index (κ2) is 2.72. The van der Waals surface area contributed by atoms with Gasteiger partial charge in [0.15, 0.2) is 0 Å². The minimum absolute atomic E-state index is 0.101. The highest BCUT2D eigenvalue weighted by molar-refractivity contribution is 5.97. The van der Waals surface area contributed by atoms with Crippen molar-refractivity contribution in [1.29, 1.82) is 0 Å². The van der Waals surface area contributed by atoms with Crippen molar-refractivity contribution in [2.75, 3.05) is 13.6 Å². The normalized spacial score (nSPS) is 34.0. The molecule has 0 N–H and O–H groups in total. The maximum Gasteiger partial charge on any atom is 0.245 e. The summed E-state index contributed by atoms with van der Waals surface area (Å²) < 4.78 is 0. The van der Waals surface area contributed by atoms with Gasteiger partial charge >= 0.3 is 0 Å². The van der Waals surface area contributed by atoms with E-state index in [-0.39, 0.29) is 23.9 Å². The molecule has 2 atom stereocenters. The standard InChI is InChI=1S/C9H14N2O2/c1-6-8(12)11-5-3-4-7(11)9(13)10(6)2/h6-7H,3-5H2,1-2H3/t6-,7-/m0/s1. The van der Waals surface area contributed by atoms with Gasteiger partial charge in [-0.15, -0.1) is 0 Å². The van der Waals surface area contributed by atoms with E-state index in [4.69, 9.17) is 0 Å². The Morgan fingerprint density at radius 2 is 2.00 bits per heavy atom. The summed E-state index contributed by atoms with van der Waals surface area (Å²) in [6, 6.07) is -0.435.